The van der Waals surface area contributed by atoms with Crippen molar-refractivity contribution < 1.29 is 9.21 Å². The van der Waals surface area contributed by atoms with Crippen molar-refractivity contribution in [3.63, 3.8) is 0 Å². The number of aryl methyl sites for hydroxylation is 1. The summed E-state index contributed by atoms with van der Waals surface area (Å²) < 4.78 is 6.39. The van der Waals surface area contributed by atoms with Crippen molar-refractivity contribution in [2.75, 3.05) is 10.6 Å². The second-order valence-corrected chi connectivity index (χ2v) is 6.98. The van der Waals surface area contributed by atoms with Crippen LogP contribution in [-0.4, -0.2) is 20.5 Å². The van der Waals surface area contributed by atoms with Gasteiger partial charge in [-0.05, 0) is 36.2 Å². The molecule has 0 saturated heterocycles. The lowest BCUT2D eigenvalue weighted by atomic mass is 10.2. The minimum Gasteiger partial charge on any atom is -0.459 e. The Labute approximate surface area is 163 Å². The molecule has 0 aliphatic rings. The van der Waals surface area contributed by atoms with Crippen molar-refractivity contribution in [1.82, 2.24) is 14.6 Å². The normalized spacial score (nSPS) is 10.9. The fraction of sp³-hybridized carbons (Fsp3) is 0.158. The number of carbonyl (C=O) groups is 1. The van der Waals surface area contributed by atoms with Crippen molar-refractivity contribution in [2.24, 2.45) is 0 Å². The molecule has 142 valence electrons. The second-order valence-electron chi connectivity index (χ2n) is 6.03. The third kappa shape index (κ3) is 3.79. The maximum atomic E-state index is 12.1. The van der Waals surface area contributed by atoms with Gasteiger partial charge in [0.05, 0.1) is 6.26 Å². The summed E-state index contributed by atoms with van der Waals surface area (Å²) in [6.07, 6.45) is 2.15. The van der Waals surface area contributed by atoms with Crippen LogP contribution in [-0.2, 0) is 13.0 Å². The molecule has 0 saturated carbocycles. The minimum atomic E-state index is -0.307. The van der Waals surface area contributed by atoms with Crippen LogP contribution in [0, 0.1) is 0 Å². The lowest BCUT2D eigenvalue weighted by Crippen LogP contribution is -2.15. The van der Waals surface area contributed by atoms with E-state index in [2.05, 4.69) is 20.7 Å². The van der Waals surface area contributed by atoms with E-state index < -0.39 is 0 Å². The van der Waals surface area contributed by atoms with Gasteiger partial charge in [0.15, 0.2) is 5.76 Å². The van der Waals surface area contributed by atoms with Gasteiger partial charge in [-0.3, -0.25) is 9.59 Å². The van der Waals surface area contributed by atoms with Crippen LogP contribution in [0.25, 0.3) is 4.96 Å². The van der Waals surface area contributed by atoms with E-state index in [1.807, 2.05) is 25.1 Å². The Morgan fingerprint density at radius 1 is 1.25 bits per heavy atom. The van der Waals surface area contributed by atoms with Crippen molar-refractivity contribution in [3.8, 4) is 0 Å². The third-order valence-corrected chi connectivity index (χ3v) is 4.90. The standard InChI is InChI=1S/C19H17N5O3S/c1-2-13-10-16(25)24-19(22-13)28-18(23-24)20-11-12-5-3-6-14(9-12)21-17(26)15-7-4-8-27-15/h3-10H,2,11H2,1H3,(H,20,23)(H,21,26). The molecule has 0 fully saturated rings. The first-order chi connectivity index (χ1) is 13.6. The molecule has 0 spiro atoms. The molecule has 8 nitrogen and oxygen atoms in total. The molecule has 0 aliphatic carbocycles. The highest BCUT2D eigenvalue weighted by molar-refractivity contribution is 7.20. The number of nitrogens with zero attached hydrogens (tertiary/aromatic N) is 3. The highest BCUT2D eigenvalue weighted by Crippen LogP contribution is 2.19. The summed E-state index contributed by atoms with van der Waals surface area (Å²) in [6, 6.07) is 12.2. The summed E-state index contributed by atoms with van der Waals surface area (Å²) in [5.41, 5.74) is 2.18. The SMILES string of the molecule is CCc1cc(=O)n2nc(NCc3cccc(NC(=O)c4ccco4)c3)sc2n1. The highest BCUT2D eigenvalue weighted by atomic mass is 32.1. The molecule has 1 amide bonds. The fourth-order valence-corrected chi connectivity index (χ4v) is 3.47. The molecule has 0 radical (unpaired) electrons. The van der Waals surface area contributed by atoms with E-state index in [0.717, 1.165) is 11.3 Å². The molecule has 2 N–H and O–H groups in total. The number of hydrogen-bond donors (Lipinski definition) is 2. The van der Waals surface area contributed by atoms with Crippen molar-refractivity contribution >= 4 is 33.0 Å². The number of rotatable bonds is 6. The summed E-state index contributed by atoms with van der Waals surface area (Å²) in [5.74, 6) is -0.0548. The van der Waals surface area contributed by atoms with Crippen LogP contribution in [0.3, 0.4) is 0 Å². The van der Waals surface area contributed by atoms with E-state index in [1.165, 1.54) is 28.2 Å². The number of anilines is 2. The number of benzene rings is 1. The molecule has 4 rings (SSSR count). The van der Waals surface area contributed by atoms with Crippen molar-refractivity contribution in [2.45, 2.75) is 19.9 Å². The van der Waals surface area contributed by atoms with Gasteiger partial charge in [0.1, 0.15) is 0 Å². The van der Waals surface area contributed by atoms with Gasteiger partial charge in [0.2, 0.25) is 10.1 Å². The molecule has 0 unspecified atom stereocenters. The Bertz CT molecular complexity index is 1180. The largest absolute Gasteiger partial charge is 0.459 e. The van der Waals surface area contributed by atoms with E-state index in [0.29, 0.717) is 28.7 Å². The molecular weight excluding hydrogens is 378 g/mol. The summed E-state index contributed by atoms with van der Waals surface area (Å²) >= 11 is 1.32. The molecule has 0 aliphatic heterocycles. The van der Waals surface area contributed by atoms with Crippen molar-refractivity contribution in [1.29, 1.82) is 0 Å². The predicted molar refractivity (Wildman–Crippen MR) is 107 cm³/mol. The number of amides is 1. The van der Waals surface area contributed by atoms with Crippen LogP contribution in [0.2, 0.25) is 0 Å². The summed E-state index contributed by atoms with van der Waals surface area (Å²) in [4.78, 5) is 29.1. The molecular formula is C19H17N5O3S. The summed E-state index contributed by atoms with van der Waals surface area (Å²) in [6.45, 7) is 2.44. The fourth-order valence-electron chi connectivity index (χ4n) is 2.65. The van der Waals surface area contributed by atoms with Crippen LogP contribution < -0.4 is 16.2 Å². The lowest BCUT2D eigenvalue weighted by Gasteiger charge is -2.07. The first kappa shape index (κ1) is 17.9. The molecule has 28 heavy (non-hydrogen) atoms. The van der Waals surface area contributed by atoms with Crippen LogP contribution in [0.5, 0.6) is 0 Å². The zero-order valence-electron chi connectivity index (χ0n) is 15.0. The zero-order chi connectivity index (χ0) is 19.5. The van der Waals surface area contributed by atoms with Crippen LogP contribution in [0.1, 0.15) is 28.7 Å². The predicted octanol–water partition coefficient (Wildman–Crippen LogP) is 3.17. The van der Waals surface area contributed by atoms with Gasteiger partial charge in [-0.25, -0.2) is 4.98 Å². The van der Waals surface area contributed by atoms with Crippen molar-refractivity contribution in [3.05, 3.63) is 76.1 Å². The monoisotopic (exact) mass is 395 g/mol. The van der Waals surface area contributed by atoms with Gasteiger partial charge in [-0.1, -0.05) is 30.4 Å². The maximum Gasteiger partial charge on any atom is 0.291 e. The molecule has 0 atom stereocenters. The highest BCUT2D eigenvalue weighted by Gasteiger charge is 2.10. The Morgan fingerprint density at radius 2 is 2.14 bits per heavy atom. The maximum absolute atomic E-state index is 12.1. The molecule has 3 heterocycles. The Hall–Kier alpha value is -3.46. The van der Waals surface area contributed by atoms with Gasteiger partial charge in [-0.15, -0.1) is 5.10 Å². The Balaban J connectivity index is 1.46. The van der Waals surface area contributed by atoms with Crippen LogP contribution in [0.4, 0.5) is 10.8 Å². The van der Waals surface area contributed by atoms with Gasteiger partial charge >= 0.3 is 0 Å². The average Bonchev–Trinajstić information content (AvgIpc) is 3.36. The number of furan rings is 1. The van der Waals surface area contributed by atoms with Crippen LogP contribution >= 0.6 is 11.3 Å². The molecule has 1 aromatic carbocycles. The zero-order valence-corrected chi connectivity index (χ0v) is 15.8. The molecule has 9 heteroatoms. The Kier molecular flexibility index (Phi) is 4.90. The summed E-state index contributed by atoms with van der Waals surface area (Å²) in [5, 5.41) is 10.9. The third-order valence-electron chi connectivity index (χ3n) is 4.03. The minimum absolute atomic E-state index is 0.186. The summed E-state index contributed by atoms with van der Waals surface area (Å²) in [7, 11) is 0. The topological polar surface area (TPSA) is 102 Å². The number of aromatic nitrogens is 3. The average molecular weight is 395 g/mol. The van der Waals surface area contributed by atoms with E-state index in [-0.39, 0.29) is 17.2 Å². The van der Waals surface area contributed by atoms with E-state index >= 15 is 0 Å². The lowest BCUT2D eigenvalue weighted by molar-refractivity contribution is 0.0996. The first-order valence-electron chi connectivity index (χ1n) is 8.70. The van der Waals surface area contributed by atoms with Gasteiger partial charge in [0.25, 0.3) is 11.5 Å². The first-order valence-corrected chi connectivity index (χ1v) is 9.51. The number of nitrogens with one attached hydrogen (secondary N) is 2. The van der Waals surface area contributed by atoms with E-state index in [4.69, 9.17) is 4.42 Å². The quantitative estimate of drug-likeness (QED) is 0.520. The number of carbonyl (C=O) groups excluding carboxylic acids is 1. The number of fused-ring (bicyclic) bond motifs is 1. The molecule has 4 aromatic rings. The second kappa shape index (κ2) is 7.65. The number of hydrogen-bond acceptors (Lipinski definition) is 7. The Morgan fingerprint density at radius 3 is 2.93 bits per heavy atom. The smallest absolute Gasteiger partial charge is 0.291 e. The molecule has 0 bridgehead atoms. The van der Waals surface area contributed by atoms with E-state index in [1.54, 1.807) is 18.2 Å². The van der Waals surface area contributed by atoms with Gasteiger partial charge in [-0.2, -0.15) is 4.52 Å². The van der Waals surface area contributed by atoms with E-state index in [9.17, 15) is 9.59 Å². The van der Waals surface area contributed by atoms with Crippen LogP contribution in [0.15, 0.2) is 57.9 Å². The van der Waals surface area contributed by atoms with Gasteiger partial charge < -0.3 is 15.1 Å². The molecule has 3 aromatic heterocycles. The van der Waals surface area contributed by atoms with Gasteiger partial charge in [0, 0.05) is 24.0 Å².